The summed E-state index contributed by atoms with van der Waals surface area (Å²) in [5.74, 6) is -0.820. The predicted molar refractivity (Wildman–Crippen MR) is 101 cm³/mol. The van der Waals surface area contributed by atoms with E-state index in [0.717, 1.165) is 0 Å². The SMILES string of the molecule is Cn1c(=O)[nH]c(=O)c2c1ncn2CC(=O)NNCNC(=O)c1ccc(Cl)cc1. The molecule has 2 aromatic heterocycles. The van der Waals surface area contributed by atoms with Crippen molar-refractivity contribution in [3.8, 4) is 0 Å². The second kappa shape index (κ2) is 8.06. The second-order valence-corrected chi connectivity index (χ2v) is 6.21. The van der Waals surface area contributed by atoms with Crippen LogP contribution in [-0.2, 0) is 18.4 Å². The van der Waals surface area contributed by atoms with Crippen LogP contribution in [0, 0.1) is 0 Å². The van der Waals surface area contributed by atoms with E-state index in [9.17, 15) is 19.2 Å². The average molecular weight is 406 g/mol. The zero-order chi connectivity index (χ0) is 20.3. The Balaban J connectivity index is 1.54. The van der Waals surface area contributed by atoms with Crippen molar-refractivity contribution >= 4 is 34.6 Å². The van der Waals surface area contributed by atoms with Crippen molar-refractivity contribution < 1.29 is 9.59 Å². The molecule has 0 saturated carbocycles. The Bertz CT molecular complexity index is 1150. The van der Waals surface area contributed by atoms with Crippen LogP contribution in [0.5, 0.6) is 0 Å². The van der Waals surface area contributed by atoms with Crippen molar-refractivity contribution in [2.45, 2.75) is 6.54 Å². The van der Waals surface area contributed by atoms with Gasteiger partial charge in [-0.2, -0.15) is 0 Å². The largest absolute Gasteiger partial charge is 0.338 e. The molecular weight excluding hydrogens is 390 g/mol. The van der Waals surface area contributed by atoms with Crippen LogP contribution in [0.1, 0.15) is 10.4 Å². The van der Waals surface area contributed by atoms with E-state index in [2.05, 4.69) is 26.1 Å². The second-order valence-electron chi connectivity index (χ2n) is 5.78. The van der Waals surface area contributed by atoms with Crippen LogP contribution in [0.25, 0.3) is 11.2 Å². The topological polar surface area (TPSA) is 143 Å². The fourth-order valence-electron chi connectivity index (χ4n) is 2.47. The molecule has 0 aliphatic heterocycles. The number of hydrogen-bond acceptors (Lipinski definition) is 6. The zero-order valence-corrected chi connectivity index (χ0v) is 15.4. The summed E-state index contributed by atoms with van der Waals surface area (Å²) in [5, 5.41) is 3.09. The van der Waals surface area contributed by atoms with Crippen molar-refractivity contribution in [1.82, 2.24) is 35.3 Å². The summed E-state index contributed by atoms with van der Waals surface area (Å²) in [7, 11) is 1.46. The van der Waals surface area contributed by atoms with Gasteiger partial charge >= 0.3 is 5.69 Å². The Labute approximate surface area is 162 Å². The molecule has 0 aliphatic carbocycles. The fraction of sp³-hybridized carbons (Fsp3) is 0.188. The summed E-state index contributed by atoms with van der Waals surface area (Å²) in [6.07, 6.45) is 1.29. The van der Waals surface area contributed by atoms with Gasteiger partial charge in [0.1, 0.15) is 6.54 Å². The minimum Gasteiger partial charge on any atom is -0.338 e. The van der Waals surface area contributed by atoms with E-state index in [1.165, 1.54) is 22.5 Å². The lowest BCUT2D eigenvalue weighted by atomic mass is 10.2. The molecule has 11 nitrogen and oxygen atoms in total. The number of amides is 2. The van der Waals surface area contributed by atoms with Gasteiger partial charge in [0.15, 0.2) is 11.2 Å². The number of fused-ring (bicyclic) bond motifs is 1. The minimum atomic E-state index is -0.633. The number of nitrogens with zero attached hydrogens (tertiary/aromatic N) is 3. The Morgan fingerprint density at radius 2 is 1.93 bits per heavy atom. The smallest absolute Gasteiger partial charge is 0.329 e. The van der Waals surface area contributed by atoms with Crippen LogP contribution in [0.2, 0.25) is 5.02 Å². The number of rotatable bonds is 6. The fourth-order valence-corrected chi connectivity index (χ4v) is 2.60. The van der Waals surface area contributed by atoms with Gasteiger partial charge in [-0.3, -0.25) is 29.4 Å². The summed E-state index contributed by atoms with van der Waals surface area (Å²) in [6.45, 7) is -0.233. The highest BCUT2D eigenvalue weighted by molar-refractivity contribution is 6.30. The Morgan fingerprint density at radius 3 is 2.64 bits per heavy atom. The molecule has 0 fully saturated rings. The van der Waals surface area contributed by atoms with E-state index >= 15 is 0 Å². The number of hydrazine groups is 1. The molecule has 146 valence electrons. The molecule has 2 amide bonds. The molecule has 12 heteroatoms. The third-order valence-corrected chi connectivity index (χ3v) is 4.11. The minimum absolute atomic E-state index is 0.0209. The van der Waals surface area contributed by atoms with Crippen LogP contribution in [0.15, 0.2) is 40.2 Å². The monoisotopic (exact) mass is 405 g/mol. The maximum absolute atomic E-state index is 12.0. The van der Waals surface area contributed by atoms with Gasteiger partial charge in [-0.05, 0) is 24.3 Å². The molecule has 0 unspecified atom stereocenters. The van der Waals surface area contributed by atoms with E-state index in [-0.39, 0.29) is 30.3 Å². The van der Waals surface area contributed by atoms with Crippen molar-refractivity contribution in [3.63, 3.8) is 0 Å². The normalized spacial score (nSPS) is 10.8. The highest BCUT2D eigenvalue weighted by Crippen LogP contribution is 2.09. The Kier molecular flexibility index (Phi) is 5.57. The number of halogens is 1. The van der Waals surface area contributed by atoms with Gasteiger partial charge in [-0.1, -0.05) is 11.6 Å². The molecule has 0 atom stereocenters. The number of H-pyrrole nitrogens is 1. The van der Waals surface area contributed by atoms with Gasteiger partial charge in [0, 0.05) is 17.6 Å². The Morgan fingerprint density at radius 1 is 1.21 bits per heavy atom. The number of imidazole rings is 1. The first-order valence-corrected chi connectivity index (χ1v) is 8.44. The summed E-state index contributed by atoms with van der Waals surface area (Å²) >= 11 is 5.76. The molecule has 1 aromatic carbocycles. The number of aromatic amines is 1. The van der Waals surface area contributed by atoms with E-state index in [0.29, 0.717) is 10.6 Å². The predicted octanol–water partition coefficient (Wildman–Crippen LogP) is -0.915. The standard InChI is InChI=1S/C16H16ClN7O4/c1-23-13-12(15(27)21-16(23)28)24(8-19-13)6-11(25)22-20-7-18-14(26)9-2-4-10(17)5-3-9/h2-5,8,20H,6-7H2,1H3,(H,18,26)(H,22,25)(H,21,27,28). The highest BCUT2D eigenvalue weighted by Gasteiger charge is 2.13. The average Bonchev–Trinajstić information content (AvgIpc) is 3.08. The maximum atomic E-state index is 12.0. The zero-order valence-electron chi connectivity index (χ0n) is 14.7. The lowest BCUT2D eigenvalue weighted by Crippen LogP contribution is -2.45. The quantitative estimate of drug-likeness (QED) is 0.237. The van der Waals surface area contributed by atoms with Crippen molar-refractivity contribution in [1.29, 1.82) is 0 Å². The molecular formula is C16H16ClN7O4. The Hall–Kier alpha value is -3.44. The van der Waals surface area contributed by atoms with E-state index in [4.69, 9.17) is 11.6 Å². The first-order chi connectivity index (χ1) is 13.4. The summed E-state index contributed by atoms with van der Waals surface area (Å²) in [6, 6.07) is 6.34. The van der Waals surface area contributed by atoms with Crippen LogP contribution < -0.4 is 27.4 Å². The number of benzene rings is 1. The summed E-state index contributed by atoms with van der Waals surface area (Å²) < 4.78 is 2.49. The van der Waals surface area contributed by atoms with Gasteiger partial charge in [0.25, 0.3) is 17.4 Å². The molecule has 2 heterocycles. The van der Waals surface area contributed by atoms with Gasteiger partial charge in [0.05, 0.1) is 13.0 Å². The third kappa shape index (κ3) is 4.10. The first kappa shape index (κ1) is 19.3. The molecule has 28 heavy (non-hydrogen) atoms. The van der Waals surface area contributed by atoms with Gasteiger partial charge in [-0.25, -0.2) is 15.2 Å². The number of carbonyl (C=O) groups is 2. The lowest BCUT2D eigenvalue weighted by molar-refractivity contribution is -0.122. The number of aryl methyl sites for hydroxylation is 1. The van der Waals surface area contributed by atoms with Gasteiger partial charge in [-0.15, -0.1) is 0 Å². The number of nitrogens with one attached hydrogen (secondary N) is 4. The van der Waals surface area contributed by atoms with E-state index < -0.39 is 17.2 Å². The molecule has 4 N–H and O–H groups in total. The van der Waals surface area contributed by atoms with Gasteiger partial charge < -0.3 is 9.88 Å². The maximum Gasteiger partial charge on any atom is 0.329 e. The number of hydrogen-bond donors (Lipinski definition) is 4. The van der Waals surface area contributed by atoms with E-state index in [1.54, 1.807) is 24.3 Å². The van der Waals surface area contributed by atoms with Crippen molar-refractivity contribution in [2.75, 3.05) is 6.67 Å². The third-order valence-electron chi connectivity index (χ3n) is 3.86. The molecule has 0 aliphatic rings. The highest BCUT2D eigenvalue weighted by atomic mass is 35.5. The van der Waals surface area contributed by atoms with Crippen LogP contribution in [0.3, 0.4) is 0 Å². The molecule has 0 bridgehead atoms. The number of carbonyl (C=O) groups excluding carboxylic acids is 2. The first-order valence-electron chi connectivity index (χ1n) is 8.06. The molecule has 3 aromatic rings. The van der Waals surface area contributed by atoms with Gasteiger partial charge in [0.2, 0.25) is 0 Å². The van der Waals surface area contributed by atoms with Crippen molar-refractivity contribution in [3.05, 3.63) is 62.0 Å². The molecule has 0 radical (unpaired) electrons. The number of aromatic nitrogens is 4. The summed E-state index contributed by atoms with van der Waals surface area (Å²) in [5.41, 5.74) is 4.43. The van der Waals surface area contributed by atoms with Crippen LogP contribution in [0.4, 0.5) is 0 Å². The van der Waals surface area contributed by atoms with Crippen molar-refractivity contribution in [2.24, 2.45) is 7.05 Å². The van der Waals surface area contributed by atoms with Crippen LogP contribution >= 0.6 is 11.6 Å². The van der Waals surface area contributed by atoms with Crippen LogP contribution in [-0.4, -0.2) is 37.6 Å². The molecule has 0 spiro atoms. The lowest BCUT2D eigenvalue weighted by Gasteiger charge is -2.09. The molecule has 0 saturated heterocycles. The summed E-state index contributed by atoms with van der Waals surface area (Å²) in [4.78, 5) is 53.6. The molecule has 3 rings (SSSR count). The van der Waals surface area contributed by atoms with E-state index in [1.807, 2.05) is 0 Å².